The van der Waals surface area contributed by atoms with E-state index in [1.54, 1.807) is 0 Å². The van der Waals surface area contributed by atoms with Crippen molar-refractivity contribution in [3.05, 3.63) is 23.8 Å². The van der Waals surface area contributed by atoms with Crippen molar-refractivity contribution in [3.63, 3.8) is 0 Å². The standard InChI is InChI=1S/C21H26N2O5/c24-19(8-10-23-20(25)15-3-1-2-4-16(15)21(23)26)22-9-7-14-5-6-17-18(13-14)28-12-11-27-17/h5-6,13,15-16H,1-4,7-12H2,(H,22,24)/t15-,16+. The van der Waals surface area contributed by atoms with E-state index in [1.807, 2.05) is 18.2 Å². The fourth-order valence-corrected chi connectivity index (χ4v) is 4.34. The number of fused-ring (bicyclic) bond motifs is 2. The van der Waals surface area contributed by atoms with E-state index in [0.29, 0.717) is 26.2 Å². The Morgan fingerprint density at radius 3 is 2.43 bits per heavy atom. The molecule has 4 rings (SSSR count). The Morgan fingerprint density at radius 2 is 1.71 bits per heavy atom. The second-order valence-electron chi connectivity index (χ2n) is 7.65. The quantitative estimate of drug-likeness (QED) is 0.752. The molecule has 1 N–H and O–H groups in total. The van der Waals surface area contributed by atoms with Crippen LogP contribution in [0.25, 0.3) is 0 Å². The van der Waals surface area contributed by atoms with Crippen LogP contribution in [-0.2, 0) is 20.8 Å². The first-order valence-electron chi connectivity index (χ1n) is 10.1. The first-order chi connectivity index (χ1) is 13.6. The zero-order chi connectivity index (χ0) is 19.5. The van der Waals surface area contributed by atoms with Crippen molar-refractivity contribution >= 4 is 17.7 Å². The molecule has 1 saturated heterocycles. The van der Waals surface area contributed by atoms with Gasteiger partial charge in [-0.05, 0) is 37.0 Å². The number of hydrogen-bond donors (Lipinski definition) is 1. The third-order valence-electron chi connectivity index (χ3n) is 5.84. The zero-order valence-corrected chi connectivity index (χ0v) is 15.9. The molecule has 7 nitrogen and oxygen atoms in total. The molecule has 0 spiro atoms. The summed E-state index contributed by atoms with van der Waals surface area (Å²) in [5.41, 5.74) is 1.05. The minimum Gasteiger partial charge on any atom is -0.486 e. The number of nitrogens with zero attached hydrogens (tertiary/aromatic N) is 1. The number of carbonyl (C=O) groups excluding carboxylic acids is 3. The second-order valence-corrected chi connectivity index (χ2v) is 7.65. The summed E-state index contributed by atoms with van der Waals surface area (Å²) < 4.78 is 11.1. The molecule has 2 fully saturated rings. The molecule has 1 aromatic carbocycles. The minimum absolute atomic E-state index is 0.0845. The number of ether oxygens (including phenoxy) is 2. The molecular weight excluding hydrogens is 360 g/mol. The average molecular weight is 386 g/mol. The van der Waals surface area contributed by atoms with Gasteiger partial charge in [0.25, 0.3) is 0 Å². The van der Waals surface area contributed by atoms with E-state index in [2.05, 4.69) is 5.32 Å². The molecule has 28 heavy (non-hydrogen) atoms. The summed E-state index contributed by atoms with van der Waals surface area (Å²) in [7, 11) is 0. The van der Waals surface area contributed by atoms with Crippen LogP contribution in [0.2, 0.25) is 0 Å². The molecule has 2 aliphatic heterocycles. The molecule has 0 radical (unpaired) electrons. The van der Waals surface area contributed by atoms with Crippen LogP contribution in [-0.4, -0.2) is 48.9 Å². The topological polar surface area (TPSA) is 84.9 Å². The van der Waals surface area contributed by atoms with Gasteiger partial charge in [-0.25, -0.2) is 0 Å². The van der Waals surface area contributed by atoms with Gasteiger partial charge in [0.2, 0.25) is 17.7 Å². The molecule has 3 aliphatic rings. The smallest absolute Gasteiger partial charge is 0.233 e. The number of carbonyl (C=O) groups is 3. The highest BCUT2D eigenvalue weighted by atomic mass is 16.6. The molecule has 7 heteroatoms. The SMILES string of the molecule is O=C(CCN1C(=O)[C@H]2CCCC[C@H]2C1=O)NCCc1ccc2c(c1)OCCO2. The van der Waals surface area contributed by atoms with Crippen LogP contribution < -0.4 is 14.8 Å². The van der Waals surface area contributed by atoms with Gasteiger partial charge in [0.1, 0.15) is 13.2 Å². The van der Waals surface area contributed by atoms with Crippen LogP contribution in [0.15, 0.2) is 18.2 Å². The minimum atomic E-state index is -0.153. The van der Waals surface area contributed by atoms with Gasteiger partial charge in [-0.15, -0.1) is 0 Å². The lowest BCUT2D eigenvalue weighted by Gasteiger charge is -2.19. The predicted molar refractivity (Wildman–Crippen MR) is 101 cm³/mol. The second kappa shape index (κ2) is 8.20. The first kappa shape index (κ1) is 18.8. The van der Waals surface area contributed by atoms with E-state index in [0.717, 1.165) is 42.7 Å². The summed E-state index contributed by atoms with van der Waals surface area (Å²) in [5, 5.41) is 2.87. The molecule has 2 atom stereocenters. The van der Waals surface area contributed by atoms with E-state index in [4.69, 9.17) is 9.47 Å². The van der Waals surface area contributed by atoms with Crippen LogP contribution in [0.4, 0.5) is 0 Å². The molecule has 0 unspecified atom stereocenters. The van der Waals surface area contributed by atoms with E-state index in [-0.39, 0.29) is 42.5 Å². The van der Waals surface area contributed by atoms with Gasteiger partial charge in [0.05, 0.1) is 11.8 Å². The Morgan fingerprint density at radius 1 is 1.04 bits per heavy atom. The normalized spacial score (nSPS) is 23.5. The van der Waals surface area contributed by atoms with Crippen LogP contribution in [0.1, 0.15) is 37.7 Å². The van der Waals surface area contributed by atoms with Gasteiger partial charge < -0.3 is 14.8 Å². The van der Waals surface area contributed by atoms with Gasteiger partial charge in [-0.3, -0.25) is 19.3 Å². The van der Waals surface area contributed by atoms with Gasteiger partial charge in [-0.2, -0.15) is 0 Å². The van der Waals surface area contributed by atoms with E-state index < -0.39 is 0 Å². The molecule has 1 aromatic rings. The van der Waals surface area contributed by atoms with Crippen LogP contribution in [0.3, 0.4) is 0 Å². The highest BCUT2D eigenvalue weighted by molar-refractivity contribution is 6.05. The van der Waals surface area contributed by atoms with Crippen molar-refractivity contribution in [1.29, 1.82) is 0 Å². The summed E-state index contributed by atoms with van der Waals surface area (Å²) >= 11 is 0. The van der Waals surface area contributed by atoms with Gasteiger partial charge in [0, 0.05) is 19.5 Å². The zero-order valence-electron chi connectivity index (χ0n) is 15.9. The maximum Gasteiger partial charge on any atom is 0.233 e. The monoisotopic (exact) mass is 386 g/mol. The fourth-order valence-electron chi connectivity index (χ4n) is 4.34. The van der Waals surface area contributed by atoms with Crippen molar-refractivity contribution < 1.29 is 23.9 Å². The van der Waals surface area contributed by atoms with Crippen LogP contribution >= 0.6 is 0 Å². The third-order valence-corrected chi connectivity index (χ3v) is 5.84. The van der Waals surface area contributed by atoms with Crippen LogP contribution in [0.5, 0.6) is 11.5 Å². The molecule has 2 heterocycles. The van der Waals surface area contributed by atoms with E-state index in [9.17, 15) is 14.4 Å². The van der Waals surface area contributed by atoms with Crippen LogP contribution in [0, 0.1) is 11.8 Å². The summed E-state index contributed by atoms with van der Waals surface area (Å²) in [6, 6.07) is 5.78. The summed E-state index contributed by atoms with van der Waals surface area (Å²) in [6.07, 6.45) is 4.44. The number of likely N-dealkylation sites (tertiary alicyclic amines) is 1. The number of amides is 3. The van der Waals surface area contributed by atoms with Crippen molar-refractivity contribution in [2.75, 3.05) is 26.3 Å². The van der Waals surface area contributed by atoms with E-state index >= 15 is 0 Å². The Hall–Kier alpha value is -2.57. The number of imide groups is 1. The van der Waals surface area contributed by atoms with Crippen molar-refractivity contribution in [1.82, 2.24) is 10.2 Å². The number of hydrogen-bond acceptors (Lipinski definition) is 5. The molecule has 150 valence electrons. The molecule has 3 amide bonds. The largest absolute Gasteiger partial charge is 0.486 e. The van der Waals surface area contributed by atoms with Gasteiger partial charge >= 0.3 is 0 Å². The van der Waals surface area contributed by atoms with Gasteiger partial charge in [-0.1, -0.05) is 18.9 Å². The molecule has 0 bridgehead atoms. The maximum atomic E-state index is 12.4. The number of benzene rings is 1. The molecule has 0 aromatic heterocycles. The molecule has 1 saturated carbocycles. The Balaban J connectivity index is 1.22. The van der Waals surface area contributed by atoms with Crippen molar-refractivity contribution in [2.45, 2.75) is 38.5 Å². The Kier molecular flexibility index (Phi) is 5.50. The van der Waals surface area contributed by atoms with E-state index in [1.165, 1.54) is 4.90 Å². The highest BCUT2D eigenvalue weighted by Gasteiger charge is 2.47. The Bertz CT molecular complexity index is 754. The molecular formula is C21H26N2O5. The van der Waals surface area contributed by atoms with Crippen molar-refractivity contribution in [3.8, 4) is 11.5 Å². The lowest BCUT2D eigenvalue weighted by Crippen LogP contribution is -2.35. The number of nitrogens with one attached hydrogen (secondary N) is 1. The third kappa shape index (κ3) is 3.84. The van der Waals surface area contributed by atoms with Gasteiger partial charge in [0.15, 0.2) is 11.5 Å². The summed E-state index contributed by atoms with van der Waals surface area (Å²) in [4.78, 5) is 38.3. The lowest BCUT2D eigenvalue weighted by atomic mass is 9.81. The average Bonchev–Trinajstić information content (AvgIpc) is 2.97. The lowest BCUT2D eigenvalue weighted by molar-refractivity contribution is -0.140. The predicted octanol–water partition coefficient (Wildman–Crippen LogP) is 1.68. The maximum absolute atomic E-state index is 12.4. The Labute approximate surface area is 164 Å². The summed E-state index contributed by atoms with van der Waals surface area (Å²) in [5.74, 6) is 0.867. The number of rotatable bonds is 6. The van der Waals surface area contributed by atoms with Crippen molar-refractivity contribution in [2.24, 2.45) is 11.8 Å². The highest BCUT2D eigenvalue weighted by Crippen LogP contribution is 2.38. The summed E-state index contributed by atoms with van der Waals surface area (Å²) in [6.45, 7) is 1.78. The first-order valence-corrected chi connectivity index (χ1v) is 10.1. The fraction of sp³-hybridized carbons (Fsp3) is 0.571. The molecule has 1 aliphatic carbocycles.